The van der Waals surface area contributed by atoms with Gasteiger partial charge in [-0.15, -0.1) is 0 Å². The Morgan fingerprint density at radius 2 is 2.12 bits per heavy atom. The maximum atomic E-state index is 11.8. The molecule has 1 N–H and O–H groups in total. The number of ether oxygens (including phenoxy) is 1. The summed E-state index contributed by atoms with van der Waals surface area (Å²) >= 11 is 0. The van der Waals surface area contributed by atoms with Crippen molar-refractivity contribution in [2.45, 2.75) is 39.0 Å². The van der Waals surface area contributed by atoms with E-state index in [4.69, 9.17) is 4.74 Å². The van der Waals surface area contributed by atoms with Crippen LogP contribution in [0.25, 0.3) is 0 Å². The molecule has 1 unspecified atom stereocenters. The Kier molecular flexibility index (Phi) is 3.53. The smallest absolute Gasteiger partial charge is 0.310 e. The lowest BCUT2D eigenvalue weighted by molar-refractivity contribution is -0.149. The van der Waals surface area contributed by atoms with Crippen molar-refractivity contribution in [3.63, 3.8) is 0 Å². The van der Waals surface area contributed by atoms with Crippen LogP contribution in [0.4, 0.5) is 0 Å². The summed E-state index contributed by atoms with van der Waals surface area (Å²) in [5.74, 6) is 0.958. The molecule has 1 aliphatic heterocycles. The molecule has 0 bridgehead atoms. The third-order valence-corrected chi connectivity index (χ3v) is 4.73. The number of methoxy groups -OCH3 is 1. The maximum absolute atomic E-state index is 11.8. The summed E-state index contributed by atoms with van der Waals surface area (Å²) in [6, 6.07) is 0. The molecule has 0 amide bonds. The molecule has 0 aromatic rings. The van der Waals surface area contributed by atoms with Crippen LogP contribution in [0.1, 0.15) is 39.0 Å². The number of carbonyl (C=O) groups is 1. The average molecular weight is 225 g/mol. The van der Waals surface area contributed by atoms with Crippen LogP contribution in [0.3, 0.4) is 0 Å². The van der Waals surface area contributed by atoms with E-state index in [2.05, 4.69) is 12.2 Å². The molecule has 16 heavy (non-hydrogen) atoms. The SMILES string of the molecule is CCC1CCC2(CC1)CNCC2C(=O)OC. The van der Waals surface area contributed by atoms with Crippen molar-refractivity contribution in [2.75, 3.05) is 20.2 Å². The van der Waals surface area contributed by atoms with Crippen LogP contribution in [-0.4, -0.2) is 26.2 Å². The largest absolute Gasteiger partial charge is 0.469 e. The Bertz CT molecular complexity index is 257. The van der Waals surface area contributed by atoms with E-state index in [1.54, 1.807) is 0 Å². The molecule has 0 aromatic carbocycles. The molecule has 1 saturated heterocycles. The number of rotatable bonds is 2. The second-order valence-corrected chi connectivity index (χ2v) is 5.42. The van der Waals surface area contributed by atoms with Crippen molar-refractivity contribution in [2.24, 2.45) is 17.3 Å². The van der Waals surface area contributed by atoms with E-state index in [9.17, 15) is 4.79 Å². The van der Waals surface area contributed by atoms with Gasteiger partial charge in [-0.1, -0.05) is 13.3 Å². The van der Waals surface area contributed by atoms with Crippen LogP contribution in [0.5, 0.6) is 0 Å². The van der Waals surface area contributed by atoms with Crippen LogP contribution in [0.15, 0.2) is 0 Å². The fourth-order valence-corrected chi connectivity index (χ4v) is 3.47. The first-order valence-electron chi connectivity index (χ1n) is 6.50. The predicted molar refractivity (Wildman–Crippen MR) is 63.1 cm³/mol. The van der Waals surface area contributed by atoms with Gasteiger partial charge in [0.25, 0.3) is 0 Å². The standard InChI is InChI=1S/C13H23NO2/c1-3-10-4-6-13(7-5-10)9-14-8-11(13)12(15)16-2/h10-11,14H,3-9H2,1-2H3. The second kappa shape index (κ2) is 4.74. The number of hydrogen-bond donors (Lipinski definition) is 1. The lowest BCUT2D eigenvalue weighted by Crippen LogP contribution is -2.39. The Hall–Kier alpha value is -0.570. The minimum absolute atomic E-state index is 0.0139. The van der Waals surface area contributed by atoms with Crippen LogP contribution < -0.4 is 5.32 Å². The lowest BCUT2D eigenvalue weighted by Gasteiger charge is -2.39. The maximum Gasteiger partial charge on any atom is 0.310 e. The van der Waals surface area contributed by atoms with Gasteiger partial charge in [0, 0.05) is 13.1 Å². The van der Waals surface area contributed by atoms with E-state index in [1.165, 1.54) is 39.2 Å². The second-order valence-electron chi connectivity index (χ2n) is 5.42. The predicted octanol–water partition coefficient (Wildman–Crippen LogP) is 1.97. The molecule has 1 aliphatic carbocycles. The van der Waals surface area contributed by atoms with Crippen LogP contribution in [-0.2, 0) is 9.53 Å². The van der Waals surface area contributed by atoms with Gasteiger partial charge in [0.15, 0.2) is 0 Å². The van der Waals surface area contributed by atoms with E-state index in [0.717, 1.165) is 19.0 Å². The highest BCUT2D eigenvalue weighted by molar-refractivity contribution is 5.74. The summed E-state index contributed by atoms with van der Waals surface area (Å²) in [7, 11) is 1.51. The third-order valence-electron chi connectivity index (χ3n) is 4.73. The van der Waals surface area contributed by atoms with Crippen molar-refractivity contribution in [1.82, 2.24) is 5.32 Å². The van der Waals surface area contributed by atoms with Crippen LogP contribution in [0.2, 0.25) is 0 Å². The van der Waals surface area contributed by atoms with Gasteiger partial charge in [-0.25, -0.2) is 0 Å². The fraction of sp³-hybridized carbons (Fsp3) is 0.923. The molecule has 1 atom stereocenters. The van der Waals surface area contributed by atoms with Gasteiger partial charge in [-0.3, -0.25) is 4.79 Å². The highest BCUT2D eigenvalue weighted by Crippen LogP contribution is 2.47. The Balaban J connectivity index is 2.04. The minimum atomic E-state index is -0.0139. The molecule has 1 saturated carbocycles. The van der Waals surface area contributed by atoms with E-state index >= 15 is 0 Å². The molecule has 2 aliphatic rings. The Morgan fingerprint density at radius 1 is 1.44 bits per heavy atom. The number of esters is 1. The normalized spacial score (nSPS) is 38.9. The summed E-state index contributed by atoms with van der Waals surface area (Å²) in [6.07, 6.45) is 6.24. The molecular formula is C13H23NO2. The average Bonchev–Trinajstić information content (AvgIpc) is 2.73. The topological polar surface area (TPSA) is 38.3 Å². The zero-order valence-corrected chi connectivity index (χ0v) is 10.4. The van der Waals surface area contributed by atoms with Gasteiger partial charge in [-0.2, -0.15) is 0 Å². The van der Waals surface area contributed by atoms with Gasteiger partial charge in [0.05, 0.1) is 13.0 Å². The molecule has 0 aromatic heterocycles. The van der Waals surface area contributed by atoms with Gasteiger partial charge in [0.2, 0.25) is 0 Å². The highest BCUT2D eigenvalue weighted by atomic mass is 16.5. The first-order valence-corrected chi connectivity index (χ1v) is 6.50. The van der Waals surface area contributed by atoms with E-state index in [-0.39, 0.29) is 17.3 Å². The molecule has 1 heterocycles. The number of carbonyl (C=O) groups excluding carboxylic acids is 1. The molecule has 3 nitrogen and oxygen atoms in total. The van der Waals surface area contributed by atoms with Crippen molar-refractivity contribution < 1.29 is 9.53 Å². The van der Waals surface area contributed by atoms with Crippen molar-refractivity contribution >= 4 is 5.97 Å². The van der Waals surface area contributed by atoms with Crippen molar-refractivity contribution in [1.29, 1.82) is 0 Å². The number of nitrogens with one attached hydrogen (secondary N) is 1. The minimum Gasteiger partial charge on any atom is -0.469 e. The molecule has 0 radical (unpaired) electrons. The molecule has 2 rings (SSSR count). The molecule has 92 valence electrons. The van der Waals surface area contributed by atoms with Crippen molar-refractivity contribution in [3.8, 4) is 0 Å². The fourth-order valence-electron chi connectivity index (χ4n) is 3.47. The molecular weight excluding hydrogens is 202 g/mol. The molecule has 2 fully saturated rings. The Labute approximate surface area is 97.9 Å². The van der Waals surface area contributed by atoms with Gasteiger partial charge < -0.3 is 10.1 Å². The first kappa shape index (κ1) is 11.9. The van der Waals surface area contributed by atoms with Gasteiger partial charge in [-0.05, 0) is 37.0 Å². The van der Waals surface area contributed by atoms with E-state index in [0.29, 0.717) is 0 Å². The summed E-state index contributed by atoms with van der Waals surface area (Å²) in [5, 5.41) is 3.38. The highest BCUT2D eigenvalue weighted by Gasteiger charge is 2.48. The van der Waals surface area contributed by atoms with Crippen LogP contribution >= 0.6 is 0 Å². The van der Waals surface area contributed by atoms with Gasteiger partial charge >= 0.3 is 5.97 Å². The summed E-state index contributed by atoms with van der Waals surface area (Å²) < 4.78 is 4.94. The first-order chi connectivity index (χ1) is 7.72. The Morgan fingerprint density at radius 3 is 2.69 bits per heavy atom. The number of hydrogen-bond acceptors (Lipinski definition) is 3. The van der Waals surface area contributed by atoms with Crippen molar-refractivity contribution in [3.05, 3.63) is 0 Å². The molecule has 3 heteroatoms. The van der Waals surface area contributed by atoms with Crippen LogP contribution in [0, 0.1) is 17.3 Å². The van der Waals surface area contributed by atoms with E-state index in [1.807, 2.05) is 0 Å². The zero-order chi connectivity index (χ0) is 11.6. The monoisotopic (exact) mass is 225 g/mol. The lowest BCUT2D eigenvalue weighted by atomic mass is 9.65. The third kappa shape index (κ3) is 1.97. The summed E-state index contributed by atoms with van der Waals surface area (Å²) in [6.45, 7) is 4.08. The quantitative estimate of drug-likeness (QED) is 0.730. The zero-order valence-electron chi connectivity index (χ0n) is 10.4. The van der Waals surface area contributed by atoms with E-state index < -0.39 is 0 Å². The summed E-state index contributed by atoms with van der Waals surface area (Å²) in [5.41, 5.74) is 0.207. The molecule has 1 spiro atoms. The van der Waals surface area contributed by atoms with Gasteiger partial charge in [0.1, 0.15) is 0 Å². The summed E-state index contributed by atoms with van der Waals surface area (Å²) in [4.78, 5) is 11.8.